The van der Waals surface area contributed by atoms with Crippen LogP contribution in [-0.4, -0.2) is 15.5 Å². The van der Waals surface area contributed by atoms with Crippen LogP contribution in [0.4, 0.5) is 5.69 Å². The number of anilines is 1. The number of aromatic amines is 1. The van der Waals surface area contributed by atoms with Crippen molar-refractivity contribution in [2.24, 2.45) is 0 Å². The molecule has 0 radical (unpaired) electrons. The Hall–Kier alpha value is -2.25. The molecule has 0 bridgehead atoms. The van der Waals surface area contributed by atoms with Crippen LogP contribution in [0.25, 0.3) is 10.2 Å². The summed E-state index contributed by atoms with van der Waals surface area (Å²) in [5, 5.41) is 3.58. The Labute approximate surface area is 167 Å². The Kier molecular flexibility index (Phi) is 5.92. The second-order valence-corrected chi connectivity index (χ2v) is 7.86. The van der Waals surface area contributed by atoms with Crippen molar-refractivity contribution in [3.8, 4) is 0 Å². The highest BCUT2D eigenvalue weighted by molar-refractivity contribution is 7.71. The molecule has 5 nitrogen and oxygen atoms in total. The fourth-order valence-corrected chi connectivity index (χ4v) is 4.44. The number of amides is 1. The molecule has 0 aliphatic carbocycles. The zero-order valence-electron chi connectivity index (χ0n) is 15.7. The summed E-state index contributed by atoms with van der Waals surface area (Å²) in [5.74, 6) is -0.252. The summed E-state index contributed by atoms with van der Waals surface area (Å²) in [6.07, 6.45) is 2.50. The van der Waals surface area contributed by atoms with Gasteiger partial charge < -0.3 is 10.3 Å². The van der Waals surface area contributed by atoms with Gasteiger partial charge in [0, 0.05) is 10.6 Å². The molecule has 2 aromatic heterocycles. The monoisotopic (exact) mass is 401 g/mol. The lowest BCUT2D eigenvalue weighted by atomic mass is 10.0. The van der Waals surface area contributed by atoms with Crippen LogP contribution in [0.5, 0.6) is 0 Å². The van der Waals surface area contributed by atoms with Crippen molar-refractivity contribution in [2.45, 2.75) is 46.6 Å². The van der Waals surface area contributed by atoms with Gasteiger partial charge in [0.05, 0.1) is 5.39 Å². The summed E-state index contributed by atoms with van der Waals surface area (Å²) < 4.78 is 1.60. The van der Waals surface area contributed by atoms with Gasteiger partial charge in [0.15, 0.2) is 4.77 Å². The molecule has 0 spiro atoms. The average molecular weight is 402 g/mol. The smallest absolute Gasteiger partial charge is 0.263 e. The van der Waals surface area contributed by atoms with Gasteiger partial charge in [-0.2, -0.15) is 0 Å². The molecule has 3 aromatic rings. The summed E-state index contributed by atoms with van der Waals surface area (Å²) in [6.45, 7) is 6.05. The molecule has 0 fully saturated rings. The van der Waals surface area contributed by atoms with Crippen molar-refractivity contribution in [1.29, 1.82) is 0 Å². The van der Waals surface area contributed by atoms with E-state index in [9.17, 15) is 9.59 Å². The number of thiophene rings is 1. The van der Waals surface area contributed by atoms with Crippen LogP contribution in [0.15, 0.2) is 29.1 Å². The highest BCUT2D eigenvalue weighted by Crippen LogP contribution is 2.23. The summed E-state index contributed by atoms with van der Waals surface area (Å²) in [7, 11) is 0. The Bertz CT molecular complexity index is 1090. The number of carbonyl (C=O) groups excluding carboxylic acids is 1. The van der Waals surface area contributed by atoms with Gasteiger partial charge in [-0.05, 0) is 48.7 Å². The molecule has 0 aliphatic rings. The van der Waals surface area contributed by atoms with Gasteiger partial charge in [0.25, 0.3) is 5.56 Å². The number of para-hydroxylation sites is 1. The average Bonchev–Trinajstić information content (AvgIpc) is 3.08. The number of nitrogens with zero attached hydrogens (tertiary/aromatic N) is 1. The van der Waals surface area contributed by atoms with Crippen LogP contribution in [0.2, 0.25) is 0 Å². The Morgan fingerprint density at radius 2 is 1.85 bits per heavy atom. The number of carbonyl (C=O) groups is 1. The molecular weight excluding hydrogens is 378 g/mol. The number of hydrogen-bond acceptors (Lipinski definition) is 4. The Balaban J connectivity index is 1.93. The van der Waals surface area contributed by atoms with E-state index in [2.05, 4.69) is 24.1 Å². The lowest BCUT2D eigenvalue weighted by Gasteiger charge is -2.15. The van der Waals surface area contributed by atoms with Gasteiger partial charge in [0.2, 0.25) is 5.91 Å². The van der Waals surface area contributed by atoms with Crippen molar-refractivity contribution < 1.29 is 4.79 Å². The summed E-state index contributed by atoms with van der Waals surface area (Å²) in [6, 6.07) is 7.90. The molecule has 27 heavy (non-hydrogen) atoms. The molecule has 0 atom stereocenters. The van der Waals surface area contributed by atoms with Crippen molar-refractivity contribution in [2.75, 3.05) is 5.32 Å². The van der Waals surface area contributed by atoms with E-state index in [4.69, 9.17) is 12.2 Å². The predicted molar refractivity (Wildman–Crippen MR) is 114 cm³/mol. The van der Waals surface area contributed by atoms with Crippen LogP contribution in [0.1, 0.15) is 36.8 Å². The number of nitrogens with one attached hydrogen (secondary N) is 2. The van der Waals surface area contributed by atoms with Crippen molar-refractivity contribution in [3.63, 3.8) is 0 Å². The predicted octanol–water partition coefficient (Wildman–Crippen LogP) is 4.45. The highest BCUT2D eigenvalue weighted by atomic mass is 32.1. The second kappa shape index (κ2) is 8.19. The molecule has 0 saturated carbocycles. The van der Waals surface area contributed by atoms with E-state index < -0.39 is 0 Å². The highest BCUT2D eigenvalue weighted by Gasteiger charge is 2.14. The molecule has 142 valence electrons. The number of H-pyrrole nitrogens is 1. The molecule has 1 amide bonds. The summed E-state index contributed by atoms with van der Waals surface area (Å²) in [4.78, 5) is 30.5. The first kappa shape index (κ1) is 19.5. The van der Waals surface area contributed by atoms with Crippen LogP contribution in [0.3, 0.4) is 0 Å². The molecule has 2 heterocycles. The maximum Gasteiger partial charge on any atom is 0.263 e. The first-order chi connectivity index (χ1) is 13.0. The van der Waals surface area contributed by atoms with E-state index in [-0.39, 0.29) is 22.8 Å². The van der Waals surface area contributed by atoms with E-state index in [0.29, 0.717) is 5.39 Å². The molecule has 3 rings (SSSR count). The van der Waals surface area contributed by atoms with Gasteiger partial charge >= 0.3 is 0 Å². The maximum atomic E-state index is 12.8. The van der Waals surface area contributed by atoms with Crippen LogP contribution >= 0.6 is 23.6 Å². The van der Waals surface area contributed by atoms with Gasteiger partial charge in [-0.15, -0.1) is 11.3 Å². The van der Waals surface area contributed by atoms with Crippen molar-refractivity contribution >= 4 is 45.4 Å². The number of fused-ring (bicyclic) bond motifs is 1. The minimum Gasteiger partial charge on any atom is -0.324 e. The van der Waals surface area contributed by atoms with Gasteiger partial charge in [-0.25, -0.2) is 0 Å². The largest absolute Gasteiger partial charge is 0.324 e. The Morgan fingerprint density at radius 3 is 2.44 bits per heavy atom. The van der Waals surface area contributed by atoms with Gasteiger partial charge in [-0.1, -0.05) is 39.0 Å². The third kappa shape index (κ3) is 3.89. The van der Waals surface area contributed by atoms with Crippen LogP contribution in [0, 0.1) is 4.77 Å². The number of rotatable bonds is 6. The summed E-state index contributed by atoms with van der Waals surface area (Å²) >= 11 is 6.86. The standard InChI is InChI=1S/C20H23N3O2S2/c1-4-12-8-7-9-13(5-2)17(12)21-16(24)11-23-19(25)15-10-14(6-3)27-18(15)22-20(23)26/h7-10H,4-6,11H2,1-3H3,(H,21,24)(H,22,26). The first-order valence-electron chi connectivity index (χ1n) is 9.14. The van der Waals surface area contributed by atoms with Crippen LogP contribution in [-0.2, 0) is 30.6 Å². The van der Waals surface area contributed by atoms with Crippen molar-refractivity contribution in [3.05, 3.63) is 55.4 Å². The second-order valence-electron chi connectivity index (χ2n) is 6.34. The minimum absolute atomic E-state index is 0.109. The molecule has 1 aromatic carbocycles. The quantitative estimate of drug-likeness (QED) is 0.600. The van der Waals surface area contributed by atoms with E-state index in [1.54, 1.807) is 0 Å². The summed E-state index contributed by atoms with van der Waals surface area (Å²) in [5.41, 5.74) is 2.79. The molecule has 2 N–H and O–H groups in total. The lowest BCUT2D eigenvalue weighted by molar-refractivity contribution is -0.116. The molecular formula is C20H23N3O2S2. The lowest BCUT2D eigenvalue weighted by Crippen LogP contribution is -2.29. The fraction of sp³-hybridized carbons (Fsp3) is 0.350. The van der Waals surface area contributed by atoms with E-state index in [1.807, 2.05) is 31.2 Å². The fourth-order valence-electron chi connectivity index (χ4n) is 3.14. The maximum absolute atomic E-state index is 12.8. The van der Waals surface area contributed by atoms with Gasteiger partial charge in [0.1, 0.15) is 11.4 Å². The zero-order valence-corrected chi connectivity index (χ0v) is 17.4. The van der Waals surface area contributed by atoms with E-state index in [0.717, 1.165) is 45.8 Å². The molecule has 0 saturated heterocycles. The molecule has 0 aliphatic heterocycles. The van der Waals surface area contributed by atoms with E-state index >= 15 is 0 Å². The number of benzene rings is 1. The normalized spacial score (nSPS) is 11.1. The minimum atomic E-state index is -0.252. The third-order valence-electron chi connectivity index (χ3n) is 4.64. The molecule has 0 unspecified atom stereocenters. The topological polar surface area (TPSA) is 66.9 Å². The zero-order chi connectivity index (χ0) is 19.6. The number of aromatic nitrogens is 2. The first-order valence-corrected chi connectivity index (χ1v) is 10.4. The SMILES string of the molecule is CCc1cc2c(=O)n(CC(=O)Nc3c(CC)cccc3CC)c(=S)[nH]c2s1. The third-order valence-corrected chi connectivity index (χ3v) is 6.15. The molecule has 7 heteroatoms. The number of hydrogen-bond donors (Lipinski definition) is 2. The van der Waals surface area contributed by atoms with Crippen molar-refractivity contribution in [1.82, 2.24) is 9.55 Å². The van der Waals surface area contributed by atoms with E-state index in [1.165, 1.54) is 15.9 Å². The van der Waals surface area contributed by atoms with Crippen LogP contribution < -0.4 is 10.9 Å². The Morgan fingerprint density at radius 1 is 1.19 bits per heavy atom. The van der Waals surface area contributed by atoms with Gasteiger partial charge in [-0.3, -0.25) is 14.2 Å². The number of aryl methyl sites for hydroxylation is 3.